The summed E-state index contributed by atoms with van der Waals surface area (Å²) in [5.41, 5.74) is 2.77. The molecule has 0 fully saturated rings. The summed E-state index contributed by atoms with van der Waals surface area (Å²) < 4.78 is 10.6. The second-order valence-electron chi connectivity index (χ2n) is 5.87. The van der Waals surface area contributed by atoms with E-state index < -0.39 is 11.9 Å². The molecule has 0 aliphatic heterocycles. The molecule has 4 nitrogen and oxygen atoms in total. The van der Waals surface area contributed by atoms with Crippen LogP contribution in [-0.2, 0) is 14.3 Å². The van der Waals surface area contributed by atoms with Gasteiger partial charge in [0.25, 0.3) is 0 Å². The molecule has 2 atom stereocenters. The highest BCUT2D eigenvalue weighted by atomic mass is 32.1. The van der Waals surface area contributed by atoms with Crippen molar-refractivity contribution in [3.8, 4) is 5.75 Å². The van der Waals surface area contributed by atoms with Crippen molar-refractivity contribution in [2.75, 3.05) is 13.7 Å². The molecule has 1 heterocycles. The summed E-state index contributed by atoms with van der Waals surface area (Å²) in [5, 5.41) is 3.96. The highest BCUT2D eigenvalue weighted by Gasteiger charge is 2.40. The minimum absolute atomic E-state index is 0.207. The summed E-state index contributed by atoms with van der Waals surface area (Å²) in [6.07, 6.45) is 2.16. The molecule has 1 aliphatic rings. The molecule has 1 aromatic heterocycles. The lowest BCUT2D eigenvalue weighted by Crippen LogP contribution is -2.33. The van der Waals surface area contributed by atoms with Gasteiger partial charge in [-0.1, -0.05) is 18.2 Å². The lowest BCUT2D eigenvalue weighted by molar-refractivity contribution is -0.151. The van der Waals surface area contributed by atoms with E-state index in [9.17, 15) is 9.59 Å². The molecule has 0 bridgehead atoms. The minimum atomic E-state index is -0.784. The number of hydrogen-bond donors (Lipinski definition) is 0. The number of rotatable bonds is 5. The first-order valence-corrected chi connectivity index (χ1v) is 9.16. The summed E-state index contributed by atoms with van der Waals surface area (Å²) in [4.78, 5) is 25.2. The second kappa shape index (κ2) is 7.66. The van der Waals surface area contributed by atoms with E-state index in [2.05, 4.69) is 0 Å². The number of benzene rings is 1. The van der Waals surface area contributed by atoms with Gasteiger partial charge in [0.1, 0.15) is 11.7 Å². The average Bonchev–Trinajstić information content (AvgIpc) is 3.15. The zero-order chi connectivity index (χ0) is 17.8. The van der Waals surface area contributed by atoms with Crippen molar-refractivity contribution in [3.63, 3.8) is 0 Å². The fourth-order valence-corrected chi connectivity index (χ4v) is 4.00. The molecular formula is C20H20O4S. The smallest absolute Gasteiger partial charge is 0.317 e. The predicted octanol–water partition coefficient (Wildman–Crippen LogP) is 4.08. The quantitative estimate of drug-likeness (QED) is 0.598. The van der Waals surface area contributed by atoms with E-state index in [-0.39, 0.29) is 18.3 Å². The van der Waals surface area contributed by atoms with Gasteiger partial charge >= 0.3 is 5.97 Å². The van der Waals surface area contributed by atoms with E-state index in [0.717, 1.165) is 22.4 Å². The van der Waals surface area contributed by atoms with Crippen molar-refractivity contribution in [3.05, 3.63) is 58.3 Å². The lowest BCUT2D eigenvalue weighted by atomic mass is 9.74. The Balaban J connectivity index is 2.02. The predicted molar refractivity (Wildman–Crippen MR) is 97.8 cm³/mol. The first-order valence-electron chi connectivity index (χ1n) is 8.22. The van der Waals surface area contributed by atoms with E-state index in [1.54, 1.807) is 31.4 Å². The Morgan fingerprint density at radius 2 is 2.08 bits per heavy atom. The third kappa shape index (κ3) is 3.51. The summed E-state index contributed by atoms with van der Waals surface area (Å²) >= 11 is 1.56. The number of allylic oxidation sites excluding steroid dienone is 2. The average molecular weight is 356 g/mol. The lowest BCUT2D eigenvalue weighted by Gasteiger charge is -2.29. The fourth-order valence-electron chi connectivity index (χ4n) is 3.28. The monoisotopic (exact) mass is 356 g/mol. The van der Waals surface area contributed by atoms with Gasteiger partial charge in [-0.15, -0.1) is 0 Å². The number of hydrogen-bond acceptors (Lipinski definition) is 5. The SMILES string of the molecule is CCOC(=O)[C@H]1C(=O)C=C(c2ccccc2OC)C[C@@H]1c1ccsc1. The standard InChI is InChI=1S/C20H20O4S/c1-3-24-20(22)19-16(13-8-9-25-12-13)10-14(11-17(19)21)15-6-4-5-7-18(15)23-2/h4-9,11-12,16,19H,3,10H2,1-2H3/t16-,19-/m1/s1. The van der Waals surface area contributed by atoms with Crippen LogP contribution in [0.25, 0.3) is 5.57 Å². The Morgan fingerprint density at radius 3 is 2.76 bits per heavy atom. The molecular weight excluding hydrogens is 336 g/mol. The number of ketones is 1. The van der Waals surface area contributed by atoms with Crippen LogP contribution in [-0.4, -0.2) is 25.5 Å². The third-order valence-corrected chi connectivity index (χ3v) is 5.13. The van der Waals surface area contributed by atoms with Gasteiger partial charge in [0.15, 0.2) is 5.78 Å². The summed E-state index contributed by atoms with van der Waals surface area (Å²) in [6, 6.07) is 9.59. The van der Waals surface area contributed by atoms with Crippen LogP contribution in [0.4, 0.5) is 0 Å². The molecule has 25 heavy (non-hydrogen) atoms. The van der Waals surface area contributed by atoms with Crippen LogP contribution in [0.1, 0.15) is 30.4 Å². The van der Waals surface area contributed by atoms with E-state index in [1.807, 2.05) is 41.1 Å². The van der Waals surface area contributed by atoms with Gasteiger partial charge in [-0.25, -0.2) is 0 Å². The molecule has 0 unspecified atom stereocenters. The van der Waals surface area contributed by atoms with Gasteiger partial charge in [0.2, 0.25) is 0 Å². The van der Waals surface area contributed by atoms with Crippen LogP contribution < -0.4 is 4.74 Å². The molecule has 5 heteroatoms. The van der Waals surface area contributed by atoms with Gasteiger partial charge in [0.05, 0.1) is 13.7 Å². The zero-order valence-electron chi connectivity index (χ0n) is 14.2. The molecule has 0 amide bonds. The first kappa shape index (κ1) is 17.4. The number of carbonyl (C=O) groups excluding carboxylic acids is 2. The van der Waals surface area contributed by atoms with Crippen LogP contribution in [0, 0.1) is 5.92 Å². The van der Waals surface area contributed by atoms with Crippen molar-refractivity contribution in [2.45, 2.75) is 19.3 Å². The van der Waals surface area contributed by atoms with Crippen LogP contribution in [0.2, 0.25) is 0 Å². The van der Waals surface area contributed by atoms with E-state index in [1.165, 1.54) is 0 Å². The molecule has 1 aliphatic carbocycles. The number of ether oxygens (including phenoxy) is 2. The first-order chi connectivity index (χ1) is 12.2. The van der Waals surface area contributed by atoms with Crippen LogP contribution in [0.15, 0.2) is 47.2 Å². The summed E-state index contributed by atoms with van der Waals surface area (Å²) in [7, 11) is 1.61. The maximum Gasteiger partial charge on any atom is 0.317 e. The molecule has 0 spiro atoms. The van der Waals surface area contributed by atoms with E-state index >= 15 is 0 Å². The normalized spacial score (nSPS) is 20.1. The Morgan fingerprint density at radius 1 is 1.28 bits per heavy atom. The molecule has 0 N–H and O–H groups in total. The summed E-state index contributed by atoms with van der Waals surface area (Å²) in [5.74, 6) is -0.934. The van der Waals surface area contributed by atoms with Crippen LogP contribution >= 0.6 is 11.3 Å². The van der Waals surface area contributed by atoms with Gasteiger partial charge in [-0.3, -0.25) is 9.59 Å². The highest BCUT2D eigenvalue weighted by molar-refractivity contribution is 7.08. The van der Waals surface area contributed by atoms with Crippen molar-refractivity contribution in [1.82, 2.24) is 0 Å². The van der Waals surface area contributed by atoms with Crippen LogP contribution in [0.3, 0.4) is 0 Å². The molecule has 1 aromatic carbocycles. The molecule has 0 saturated heterocycles. The van der Waals surface area contributed by atoms with Crippen molar-refractivity contribution in [1.29, 1.82) is 0 Å². The zero-order valence-corrected chi connectivity index (χ0v) is 15.0. The van der Waals surface area contributed by atoms with Gasteiger partial charge in [-0.2, -0.15) is 11.3 Å². The second-order valence-corrected chi connectivity index (χ2v) is 6.65. The van der Waals surface area contributed by atoms with Gasteiger partial charge in [0, 0.05) is 11.5 Å². The fraction of sp³-hybridized carbons (Fsp3) is 0.300. The number of methoxy groups -OCH3 is 1. The number of esters is 1. The molecule has 130 valence electrons. The van der Waals surface area contributed by atoms with Gasteiger partial charge < -0.3 is 9.47 Å². The Hall–Kier alpha value is -2.40. The van der Waals surface area contributed by atoms with Crippen LogP contribution in [0.5, 0.6) is 5.75 Å². The Kier molecular flexibility index (Phi) is 5.34. The maximum atomic E-state index is 12.8. The largest absolute Gasteiger partial charge is 0.496 e. The minimum Gasteiger partial charge on any atom is -0.496 e. The Bertz CT molecular complexity index is 792. The highest BCUT2D eigenvalue weighted by Crippen LogP contribution is 2.42. The van der Waals surface area contributed by atoms with E-state index in [4.69, 9.17) is 9.47 Å². The molecule has 0 radical (unpaired) electrons. The number of para-hydroxylation sites is 1. The van der Waals surface area contributed by atoms with Crippen molar-refractivity contribution in [2.24, 2.45) is 5.92 Å². The molecule has 2 aromatic rings. The number of thiophene rings is 1. The third-order valence-electron chi connectivity index (χ3n) is 4.43. The summed E-state index contributed by atoms with van der Waals surface area (Å²) in [6.45, 7) is 2.02. The number of carbonyl (C=O) groups is 2. The van der Waals surface area contributed by atoms with Gasteiger partial charge in [-0.05, 0) is 53.4 Å². The Labute approximate surface area is 151 Å². The molecule has 0 saturated carbocycles. The molecule has 3 rings (SSSR count). The maximum absolute atomic E-state index is 12.8. The van der Waals surface area contributed by atoms with Crippen molar-refractivity contribution < 1.29 is 19.1 Å². The van der Waals surface area contributed by atoms with E-state index in [0.29, 0.717) is 6.42 Å². The van der Waals surface area contributed by atoms with Crippen molar-refractivity contribution >= 4 is 28.7 Å². The topological polar surface area (TPSA) is 52.6 Å².